The Labute approximate surface area is 149 Å². The molecule has 0 aromatic heterocycles. The molecule has 4 fully saturated rings. The number of piperidine rings is 2. The fourth-order valence-electron chi connectivity index (χ4n) is 4.99. The van der Waals surface area contributed by atoms with Crippen LogP contribution in [-0.4, -0.2) is 71.7 Å². The molecule has 2 amide bonds. The van der Waals surface area contributed by atoms with Gasteiger partial charge in [0.2, 0.25) is 11.8 Å². The quantitative estimate of drug-likeness (QED) is 0.825. The summed E-state index contributed by atoms with van der Waals surface area (Å²) in [6.07, 6.45) is 5.89. The fourth-order valence-corrected chi connectivity index (χ4v) is 4.99. The van der Waals surface area contributed by atoms with Crippen LogP contribution in [0.1, 0.15) is 44.9 Å². The van der Waals surface area contributed by atoms with Crippen LogP contribution in [0.25, 0.3) is 0 Å². The minimum Gasteiger partial charge on any atom is -0.393 e. The molecule has 4 aliphatic rings. The molecule has 6 heteroatoms. The standard InChI is InChI=1S/C19H30N2O4/c22-15-8-13(9-15)19(24)21-7-4-16-14(11-21)12-25-17(16)10-18(23)20-5-2-1-3-6-20/h13-17,22H,1-12H2/t13?,14-,15?,16-,17+/m1/s1. The summed E-state index contributed by atoms with van der Waals surface area (Å²) in [5.74, 6) is 1.24. The molecule has 3 aliphatic heterocycles. The number of rotatable bonds is 3. The van der Waals surface area contributed by atoms with Crippen LogP contribution in [0.3, 0.4) is 0 Å². The molecule has 3 saturated heterocycles. The largest absolute Gasteiger partial charge is 0.393 e. The van der Waals surface area contributed by atoms with E-state index in [1.807, 2.05) is 9.80 Å². The minimum atomic E-state index is -0.286. The first-order chi connectivity index (χ1) is 12.1. The monoisotopic (exact) mass is 350 g/mol. The highest BCUT2D eigenvalue weighted by Crippen LogP contribution is 2.38. The maximum atomic E-state index is 12.5. The Kier molecular flexibility index (Phi) is 5.00. The Hall–Kier alpha value is -1.14. The summed E-state index contributed by atoms with van der Waals surface area (Å²) in [6, 6.07) is 0. The molecule has 140 valence electrons. The highest BCUT2D eigenvalue weighted by molar-refractivity contribution is 5.80. The van der Waals surface area contributed by atoms with Crippen molar-refractivity contribution in [2.24, 2.45) is 17.8 Å². The van der Waals surface area contributed by atoms with Crippen LogP contribution in [0.4, 0.5) is 0 Å². The number of nitrogens with zero attached hydrogens (tertiary/aromatic N) is 2. The average Bonchev–Trinajstić information content (AvgIpc) is 3.01. The number of hydrogen-bond acceptors (Lipinski definition) is 4. The van der Waals surface area contributed by atoms with Crippen LogP contribution in [0.5, 0.6) is 0 Å². The van der Waals surface area contributed by atoms with E-state index in [0.717, 1.165) is 45.4 Å². The summed E-state index contributed by atoms with van der Waals surface area (Å²) in [5.41, 5.74) is 0. The second-order valence-electron chi connectivity index (χ2n) is 8.34. The van der Waals surface area contributed by atoms with Gasteiger partial charge in [-0.15, -0.1) is 0 Å². The van der Waals surface area contributed by atoms with Crippen LogP contribution >= 0.6 is 0 Å². The third-order valence-electron chi connectivity index (χ3n) is 6.65. The van der Waals surface area contributed by atoms with Gasteiger partial charge >= 0.3 is 0 Å². The highest BCUT2D eigenvalue weighted by Gasteiger charge is 2.45. The summed E-state index contributed by atoms with van der Waals surface area (Å²) >= 11 is 0. The third kappa shape index (κ3) is 3.56. The lowest BCUT2D eigenvalue weighted by Crippen LogP contribution is -2.50. The topological polar surface area (TPSA) is 70.1 Å². The Balaban J connectivity index is 1.28. The van der Waals surface area contributed by atoms with E-state index in [4.69, 9.17) is 4.74 Å². The number of ether oxygens (including phenoxy) is 1. The van der Waals surface area contributed by atoms with E-state index in [1.54, 1.807) is 0 Å². The molecule has 0 aromatic rings. The van der Waals surface area contributed by atoms with Crippen LogP contribution in [0.2, 0.25) is 0 Å². The van der Waals surface area contributed by atoms with E-state index in [2.05, 4.69) is 0 Å². The van der Waals surface area contributed by atoms with Gasteiger partial charge in [-0.05, 0) is 44.4 Å². The molecule has 0 spiro atoms. The van der Waals surface area contributed by atoms with Gasteiger partial charge in [0.25, 0.3) is 0 Å². The molecule has 25 heavy (non-hydrogen) atoms. The average molecular weight is 350 g/mol. The van der Waals surface area contributed by atoms with Crippen LogP contribution in [0.15, 0.2) is 0 Å². The molecule has 1 aliphatic carbocycles. The van der Waals surface area contributed by atoms with Crippen molar-refractivity contribution in [3.63, 3.8) is 0 Å². The van der Waals surface area contributed by atoms with Crippen molar-refractivity contribution in [1.82, 2.24) is 9.80 Å². The summed E-state index contributed by atoms with van der Waals surface area (Å²) in [6.45, 7) is 3.99. The zero-order chi connectivity index (χ0) is 17.4. The number of aliphatic hydroxyl groups excluding tert-OH is 1. The first-order valence-corrected chi connectivity index (χ1v) is 9.98. The second-order valence-corrected chi connectivity index (χ2v) is 8.34. The number of carbonyl (C=O) groups is 2. The highest BCUT2D eigenvalue weighted by atomic mass is 16.5. The molecule has 0 aromatic carbocycles. The van der Waals surface area contributed by atoms with Gasteiger partial charge in [0.1, 0.15) is 0 Å². The van der Waals surface area contributed by atoms with Gasteiger partial charge in [-0.25, -0.2) is 0 Å². The van der Waals surface area contributed by atoms with Crippen molar-refractivity contribution >= 4 is 11.8 Å². The molecule has 4 rings (SSSR count). The minimum absolute atomic E-state index is 0.0188. The SMILES string of the molecule is O=C(C[C@@H]1OC[C@H]2CN(C(=O)C3CC(O)C3)CC[C@H]21)N1CCCCC1. The first kappa shape index (κ1) is 17.3. The number of amides is 2. The van der Waals surface area contributed by atoms with Crippen molar-refractivity contribution in [1.29, 1.82) is 0 Å². The van der Waals surface area contributed by atoms with Crippen molar-refractivity contribution in [2.45, 2.75) is 57.2 Å². The van der Waals surface area contributed by atoms with Crippen LogP contribution in [0, 0.1) is 17.8 Å². The van der Waals surface area contributed by atoms with Crippen molar-refractivity contribution in [3.8, 4) is 0 Å². The summed E-state index contributed by atoms with van der Waals surface area (Å²) in [5, 5.41) is 9.42. The smallest absolute Gasteiger partial charge is 0.225 e. The Morgan fingerprint density at radius 3 is 2.52 bits per heavy atom. The van der Waals surface area contributed by atoms with Gasteiger partial charge in [0, 0.05) is 38.0 Å². The number of fused-ring (bicyclic) bond motifs is 1. The summed E-state index contributed by atoms with van der Waals surface area (Å²) in [7, 11) is 0. The predicted octanol–water partition coefficient (Wildman–Crippen LogP) is 1.02. The summed E-state index contributed by atoms with van der Waals surface area (Å²) in [4.78, 5) is 29.0. The van der Waals surface area contributed by atoms with Gasteiger partial charge in [0.15, 0.2) is 0 Å². The number of carbonyl (C=O) groups excluding carboxylic acids is 2. The van der Waals surface area contributed by atoms with Gasteiger partial charge in [-0.2, -0.15) is 0 Å². The normalized spacial score (nSPS) is 38.2. The Morgan fingerprint density at radius 1 is 1.04 bits per heavy atom. The van der Waals surface area contributed by atoms with E-state index in [0.29, 0.717) is 37.7 Å². The molecule has 1 saturated carbocycles. The van der Waals surface area contributed by atoms with Gasteiger partial charge in [-0.1, -0.05) is 0 Å². The fraction of sp³-hybridized carbons (Fsp3) is 0.895. The first-order valence-electron chi connectivity index (χ1n) is 9.98. The Bertz CT molecular complexity index is 514. The van der Waals surface area contributed by atoms with E-state index < -0.39 is 0 Å². The van der Waals surface area contributed by atoms with Gasteiger partial charge < -0.3 is 19.6 Å². The molecule has 0 unspecified atom stereocenters. The maximum Gasteiger partial charge on any atom is 0.225 e. The van der Waals surface area contributed by atoms with Gasteiger partial charge in [0.05, 0.1) is 25.2 Å². The molecule has 1 N–H and O–H groups in total. The van der Waals surface area contributed by atoms with E-state index in [1.165, 1.54) is 6.42 Å². The maximum absolute atomic E-state index is 12.5. The van der Waals surface area contributed by atoms with E-state index in [-0.39, 0.29) is 29.9 Å². The van der Waals surface area contributed by atoms with E-state index in [9.17, 15) is 14.7 Å². The predicted molar refractivity (Wildman–Crippen MR) is 91.7 cm³/mol. The zero-order valence-corrected chi connectivity index (χ0v) is 14.9. The lowest BCUT2D eigenvalue weighted by atomic mass is 9.79. The van der Waals surface area contributed by atoms with E-state index >= 15 is 0 Å². The second kappa shape index (κ2) is 7.23. The molecule has 6 nitrogen and oxygen atoms in total. The molecular formula is C19H30N2O4. The van der Waals surface area contributed by atoms with Crippen molar-refractivity contribution in [2.75, 3.05) is 32.8 Å². The lowest BCUT2D eigenvalue weighted by Gasteiger charge is -2.40. The molecule has 0 bridgehead atoms. The summed E-state index contributed by atoms with van der Waals surface area (Å²) < 4.78 is 5.98. The number of hydrogen-bond donors (Lipinski definition) is 1. The number of likely N-dealkylation sites (tertiary alicyclic amines) is 2. The zero-order valence-electron chi connectivity index (χ0n) is 14.9. The molecule has 3 heterocycles. The molecule has 3 atom stereocenters. The van der Waals surface area contributed by atoms with Crippen molar-refractivity contribution < 1.29 is 19.4 Å². The lowest BCUT2D eigenvalue weighted by molar-refractivity contribution is -0.145. The molecule has 0 radical (unpaired) electrons. The number of aliphatic hydroxyl groups is 1. The molecular weight excluding hydrogens is 320 g/mol. The van der Waals surface area contributed by atoms with Crippen molar-refractivity contribution in [3.05, 3.63) is 0 Å². The van der Waals surface area contributed by atoms with Crippen LogP contribution < -0.4 is 0 Å². The van der Waals surface area contributed by atoms with Crippen LogP contribution in [-0.2, 0) is 14.3 Å². The third-order valence-corrected chi connectivity index (χ3v) is 6.65. The Morgan fingerprint density at radius 2 is 1.80 bits per heavy atom. The van der Waals surface area contributed by atoms with Gasteiger partial charge in [-0.3, -0.25) is 9.59 Å².